The van der Waals surface area contributed by atoms with Crippen LogP contribution >= 0.6 is 0 Å². The predicted octanol–water partition coefficient (Wildman–Crippen LogP) is -0.723. The fourth-order valence-corrected chi connectivity index (χ4v) is 1.01. The minimum atomic E-state index is 0. The van der Waals surface area contributed by atoms with Gasteiger partial charge >= 0.3 is 0 Å². The lowest BCUT2D eigenvalue weighted by Gasteiger charge is -2.27. The Kier molecular flexibility index (Phi) is 3.90. The van der Waals surface area contributed by atoms with E-state index in [2.05, 4.69) is 51.4 Å². The van der Waals surface area contributed by atoms with Crippen molar-refractivity contribution in [2.75, 3.05) is 20.6 Å². The zero-order valence-corrected chi connectivity index (χ0v) is 7.92. The summed E-state index contributed by atoms with van der Waals surface area (Å²) in [6.45, 7) is 3.33. The molecule has 1 aromatic rings. The minimum Gasteiger partial charge on any atom is -1.00 e. The Bertz CT molecular complexity index is 219. The van der Waals surface area contributed by atoms with Crippen molar-refractivity contribution in [3.63, 3.8) is 0 Å². The second-order valence-electron chi connectivity index (χ2n) is 3.34. The molecule has 0 aliphatic carbocycles. The molecule has 0 spiro atoms. The number of hydrogen-bond acceptors (Lipinski definition) is 0. The first-order valence-corrected chi connectivity index (χ1v) is 4.05. The third-order valence-electron chi connectivity index (χ3n) is 2.25. The van der Waals surface area contributed by atoms with Crippen LogP contribution in [0.5, 0.6) is 0 Å². The van der Waals surface area contributed by atoms with Crippen LogP contribution in [0.1, 0.15) is 6.92 Å². The number of para-hydroxylation sites is 1. The first-order valence-electron chi connectivity index (χ1n) is 4.05. The van der Waals surface area contributed by atoms with Crippen molar-refractivity contribution < 1.29 is 4.70 Å². The van der Waals surface area contributed by atoms with Crippen LogP contribution in [0, 0.1) is 0 Å². The lowest BCUT2D eigenvalue weighted by atomic mass is 10.2. The van der Waals surface area contributed by atoms with E-state index in [4.69, 9.17) is 0 Å². The highest BCUT2D eigenvalue weighted by molar-refractivity contribution is 5.40. The highest BCUT2D eigenvalue weighted by Gasteiger charge is 2.13. The normalized spacial score (nSPS) is 10.6. The van der Waals surface area contributed by atoms with Crippen LogP contribution in [-0.2, 0) is 0 Å². The highest BCUT2D eigenvalue weighted by atomic mass is 19.0. The van der Waals surface area contributed by atoms with Crippen molar-refractivity contribution in [1.29, 1.82) is 0 Å². The van der Waals surface area contributed by atoms with Gasteiger partial charge in [-0.3, -0.25) is 4.48 Å². The zero-order chi connectivity index (χ0) is 8.32. The fourth-order valence-electron chi connectivity index (χ4n) is 1.01. The predicted molar refractivity (Wildman–Crippen MR) is 50.6 cm³/mol. The summed E-state index contributed by atoms with van der Waals surface area (Å²) in [4.78, 5) is 0. The first kappa shape index (κ1) is 11.1. The third kappa shape index (κ3) is 2.31. The van der Waals surface area contributed by atoms with Crippen molar-refractivity contribution in [2.24, 2.45) is 0 Å². The van der Waals surface area contributed by atoms with E-state index >= 15 is 0 Å². The molecule has 0 amide bonds. The Hall–Kier alpha value is -0.890. The number of rotatable bonds is 2. The maximum absolute atomic E-state index is 2.22. The molecule has 0 atom stereocenters. The molecule has 1 rings (SSSR count). The molecule has 0 aromatic heterocycles. The minimum absolute atomic E-state index is 0. The SMILES string of the molecule is CC[N+](C)(C)c1ccccc1.[F-]. The molecule has 0 radical (unpaired) electrons. The van der Waals surface area contributed by atoms with E-state index in [1.165, 1.54) is 5.69 Å². The van der Waals surface area contributed by atoms with E-state index in [1.807, 2.05) is 0 Å². The van der Waals surface area contributed by atoms with E-state index in [-0.39, 0.29) is 4.70 Å². The lowest BCUT2D eigenvalue weighted by Crippen LogP contribution is -3.00. The Balaban J connectivity index is 0.00000121. The average molecular weight is 169 g/mol. The molecule has 1 aromatic carbocycles. The Morgan fingerprint density at radius 1 is 1.08 bits per heavy atom. The third-order valence-corrected chi connectivity index (χ3v) is 2.25. The van der Waals surface area contributed by atoms with Crippen LogP contribution in [-0.4, -0.2) is 20.6 Å². The molecule has 0 aliphatic rings. The monoisotopic (exact) mass is 169 g/mol. The van der Waals surface area contributed by atoms with Gasteiger partial charge in [-0.2, -0.15) is 0 Å². The van der Waals surface area contributed by atoms with E-state index < -0.39 is 0 Å². The molecular weight excluding hydrogens is 153 g/mol. The molecule has 0 unspecified atom stereocenters. The summed E-state index contributed by atoms with van der Waals surface area (Å²) in [6.07, 6.45) is 0. The van der Waals surface area contributed by atoms with Gasteiger partial charge in [0.1, 0.15) is 5.69 Å². The van der Waals surface area contributed by atoms with Crippen LogP contribution < -0.4 is 9.19 Å². The van der Waals surface area contributed by atoms with Crippen molar-refractivity contribution in [3.05, 3.63) is 30.3 Å². The van der Waals surface area contributed by atoms with Gasteiger partial charge in [0.25, 0.3) is 0 Å². The van der Waals surface area contributed by atoms with Gasteiger partial charge in [0, 0.05) is 0 Å². The molecule has 0 fully saturated rings. The standard InChI is InChI=1S/C10H16N.FH/c1-4-11(2,3)10-8-6-5-7-9-10;/h5-9H,4H2,1-3H3;1H/q+1;/p-1. The summed E-state index contributed by atoms with van der Waals surface area (Å²) >= 11 is 0. The largest absolute Gasteiger partial charge is 1.00 e. The lowest BCUT2D eigenvalue weighted by molar-refractivity contribution is -0.00000248. The van der Waals surface area contributed by atoms with Gasteiger partial charge < -0.3 is 4.70 Å². The molecule has 68 valence electrons. The van der Waals surface area contributed by atoms with Gasteiger partial charge in [0.15, 0.2) is 0 Å². The summed E-state index contributed by atoms with van der Waals surface area (Å²) in [5.41, 5.74) is 1.37. The quantitative estimate of drug-likeness (QED) is 0.512. The molecule has 0 aliphatic heterocycles. The topological polar surface area (TPSA) is 0 Å². The van der Waals surface area contributed by atoms with Crippen LogP contribution in [0.3, 0.4) is 0 Å². The molecule has 0 bridgehead atoms. The number of hydrogen-bond donors (Lipinski definition) is 0. The van der Waals surface area contributed by atoms with E-state index in [0.29, 0.717) is 0 Å². The van der Waals surface area contributed by atoms with Crippen LogP contribution in [0.25, 0.3) is 0 Å². The van der Waals surface area contributed by atoms with E-state index in [1.54, 1.807) is 0 Å². The number of nitrogens with zero attached hydrogens (tertiary/aromatic N) is 1. The van der Waals surface area contributed by atoms with Crippen molar-refractivity contribution in [3.8, 4) is 0 Å². The van der Waals surface area contributed by atoms with Gasteiger partial charge in [-0.05, 0) is 19.1 Å². The summed E-state index contributed by atoms with van der Waals surface area (Å²) in [6, 6.07) is 10.6. The van der Waals surface area contributed by atoms with E-state index in [0.717, 1.165) is 11.0 Å². The summed E-state index contributed by atoms with van der Waals surface area (Å²) in [5.74, 6) is 0. The van der Waals surface area contributed by atoms with Gasteiger partial charge in [-0.1, -0.05) is 18.2 Å². The smallest absolute Gasteiger partial charge is 0.132 e. The number of benzene rings is 1. The highest BCUT2D eigenvalue weighted by Crippen LogP contribution is 2.16. The molecule has 1 nitrogen and oxygen atoms in total. The Labute approximate surface area is 73.6 Å². The molecule has 0 heterocycles. The summed E-state index contributed by atoms with van der Waals surface area (Å²) in [7, 11) is 4.44. The van der Waals surface area contributed by atoms with Crippen LogP contribution in [0.4, 0.5) is 5.69 Å². The molecule has 0 N–H and O–H groups in total. The summed E-state index contributed by atoms with van der Waals surface area (Å²) in [5, 5.41) is 0. The number of quaternary nitrogens is 1. The van der Waals surface area contributed by atoms with Crippen molar-refractivity contribution >= 4 is 5.69 Å². The first-order chi connectivity index (χ1) is 5.17. The fraction of sp³-hybridized carbons (Fsp3) is 0.400. The Morgan fingerprint density at radius 2 is 1.58 bits per heavy atom. The second-order valence-corrected chi connectivity index (χ2v) is 3.34. The van der Waals surface area contributed by atoms with Crippen molar-refractivity contribution in [1.82, 2.24) is 4.48 Å². The maximum atomic E-state index is 2.22. The molecule has 2 heteroatoms. The van der Waals surface area contributed by atoms with Crippen molar-refractivity contribution in [2.45, 2.75) is 6.92 Å². The number of halogens is 1. The van der Waals surface area contributed by atoms with Gasteiger partial charge in [0.05, 0.1) is 20.6 Å². The van der Waals surface area contributed by atoms with Gasteiger partial charge in [0.2, 0.25) is 0 Å². The van der Waals surface area contributed by atoms with Crippen LogP contribution in [0.15, 0.2) is 30.3 Å². The molecular formula is C10H16FN. The van der Waals surface area contributed by atoms with Crippen LogP contribution in [0.2, 0.25) is 0 Å². The average Bonchev–Trinajstić information content (AvgIpc) is 2.06. The van der Waals surface area contributed by atoms with Gasteiger partial charge in [-0.25, -0.2) is 0 Å². The summed E-state index contributed by atoms with van der Waals surface area (Å²) < 4.78 is 0.959. The van der Waals surface area contributed by atoms with E-state index in [9.17, 15) is 0 Å². The Morgan fingerprint density at radius 3 is 2.00 bits per heavy atom. The van der Waals surface area contributed by atoms with Gasteiger partial charge in [-0.15, -0.1) is 0 Å². The second kappa shape index (κ2) is 4.21. The molecule has 0 saturated carbocycles. The zero-order valence-electron chi connectivity index (χ0n) is 7.92. The molecule has 12 heavy (non-hydrogen) atoms. The molecule has 0 saturated heterocycles. The maximum Gasteiger partial charge on any atom is 0.132 e.